The number of hydrogen-bond acceptors (Lipinski definition) is 6. The molecule has 0 fully saturated rings. The maximum absolute atomic E-state index is 11.8. The molecule has 0 aliphatic heterocycles. The van der Waals surface area contributed by atoms with Gasteiger partial charge in [0, 0.05) is 0 Å². The topological polar surface area (TPSA) is 77.2 Å². The van der Waals surface area contributed by atoms with Crippen LogP contribution in [0.3, 0.4) is 0 Å². The van der Waals surface area contributed by atoms with Crippen molar-refractivity contribution < 1.29 is 14.1 Å². The van der Waals surface area contributed by atoms with Gasteiger partial charge >= 0.3 is 0 Å². The summed E-state index contributed by atoms with van der Waals surface area (Å²) >= 11 is 1.53. The number of aromatic nitrogens is 2. The van der Waals surface area contributed by atoms with E-state index in [2.05, 4.69) is 22.4 Å². The molecule has 0 atom stereocenters. The second-order valence-electron chi connectivity index (χ2n) is 5.05. The minimum Gasteiger partial charge on any atom is -0.484 e. The zero-order valence-corrected chi connectivity index (χ0v) is 14.0. The monoisotopic (exact) mass is 343 g/mol. The Morgan fingerprint density at radius 1 is 1.29 bits per heavy atom. The van der Waals surface area contributed by atoms with Crippen molar-refractivity contribution in [2.75, 3.05) is 6.61 Å². The molecule has 1 amide bonds. The fraction of sp³-hybridized carbons (Fsp3) is 0.235. The summed E-state index contributed by atoms with van der Waals surface area (Å²) in [5.74, 6) is 1.31. The summed E-state index contributed by atoms with van der Waals surface area (Å²) in [5.41, 5.74) is 1.23. The smallest absolute Gasteiger partial charge is 0.258 e. The Morgan fingerprint density at radius 2 is 2.12 bits per heavy atom. The Balaban J connectivity index is 1.45. The van der Waals surface area contributed by atoms with Gasteiger partial charge < -0.3 is 14.6 Å². The molecule has 0 unspecified atom stereocenters. The number of rotatable bonds is 7. The number of nitrogens with one attached hydrogen (secondary N) is 1. The van der Waals surface area contributed by atoms with Gasteiger partial charge in [-0.2, -0.15) is 4.98 Å². The first-order valence-corrected chi connectivity index (χ1v) is 8.47. The van der Waals surface area contributed by atoms with Crippen LogP contribution in [0.4, 0.5) is 0 Å². The van der Waals surface area contributed by atoms with Crippen LogP contribution in [0.2, 0.25) is 0 Å². The summed E-state index contributed by atoms with van der Waals surface area (Å²) in [4.78, 5) is 17.0. The van der Waals surface area contributed by atoms with E-state index in [9.17, 15) is 4.79 Å². The number of carbonyl (C=O) groups is 1. The van der Waals surface area contributed by atoms with Crippen LogP contribution in [-0.4, -0.2) is 22.7 Å². The number of amides is 1. The lowest BCUT2D eigenvalue weighted by atomic mass is 10.2. The van der Waals surface area contributed by atoms with Crippen molar-refractivity contribution in [2.45, 2.75) is 19.9 Å². The third kappa shape index (κ3) is 4.20. The molecule has 6 nitrogen and oxygen atoms in total. The van der Waals surface area contributed by atoms with Crippen molar-refractivity contribution in [3.8, 4) is 16.5 Å². The van der Waals surface area contributed by atoms with E-state index in [0.717, 1.165) is 11.3 Å². The minimum atomic E-state index is -0.245. The zero-order valence-electron chi connectivity index (χ0n) is 13.2. The molecule has 1 N–H and O–H groups in total. The number of aryl methyl sites for hydroxylation is 1. The number of thiophene rings is 1. The third-order valence-corrected chi connectivity index (χ3v) is 4.21. The minimum absolute atomic E-state index is 0.0581. The molecule has 0 aliphatic carbocycles. The van der Waals surface area contributed by atoms with Gasteiger partial charge in [0.1, 0.15) is 5.75 Å². The predicted molar refractivity (Wildman–Crippen MR) is 90.8 cm³/mol. The largest absolute Gasteiger partial charge is 0.484 e. The summed E-state index contributed by atoms with van der Waals surface area (Å²) in [6.45, 7) is 2.21. The lowest BCUT2D eigenvalue weighted by Crippen LogP contribution is -2.28. The number of nitrogens with zero attached hydrogens (tertiary/aromatic N) is 2. The molecule has 0 bridgehead atoms. The van der Waals surface area contributed by atoms with Crippen molar-refractivity contribution in [1.29, 1.82) is 0 Å². The van der Waals surface area contributed by atoms with Gasteiger partial charge in [-0.05, 0) is 35.6 Å². The van der Waals surface area contributed by atoms with Crippen LogP contribution in [0.15, 0.2) is 46.3 Å². The van der Waals surface area contributed by atoms with E-state index in [1.54, 1.807) is 0 Å². The first-order valence-electron chi connectivity index (χ1n) is 7.59. The Labute approximate surface area is 143 Å². The third-order valence-electron chi connectivity index (χ3n) is 3.35. The molecule has 0 spiro atoms. The van der Waals surface area contributed by atoms with Crippen LogP contribution < -0.4 is 10.1 Å². The number of carbonyl (C=O) groups excluding carboxylic acids is 1. The van der Waals surface area contributed by atoms with E-state index in [4.69, 9.17) is 9.26 Å². The SMILES string of the molecule is CCc1ccc(OCC(=O)NCc2nc(-c3cccs3)no2)cc1. The highest BCUT2D eigenvalue weighted by Crippen LogP contribution is 2.21. The van der Waals surface area contributed by atoms with E-state index in [1.165, 1.54) is 16.9 Å². The summed E-state index contributed by atoms with van der Waals surface area (Å²) in [6.07, 6.45) is 0.971. The molecule has 1 aromatic carbocycles. The van der Waals surface area contributed by atoms with E-state index in [1.807, 2.05) is 41.8 Å². The summed E-state index contributed by atoms with van der Waals surface area (Å²) < 4.78 is 10.6. The fourth-order valence-electron chi connectivity index (χ4n) is 2.03. The van der Waals surface area contributed by atoms with E-state index >= 15 is 0 Å². The van der Waals surface area contributed by atoms with Gasteiger partial charge in [-0.25, -0.2) is 0 Å². The standard InChI is InChI=1S/C17H17N3O3S/c1-2-12-5-7-13(8-6-12)22-11-15(21)18-10-16-19-17(20-23-16)14-4-3-9-24-14/h3-9H,2,10-11H2,1H3,(H,18,21). The van der Waals surface area contributed by atoms with Gasteiger partial charge in [0.15, 0.2) is 6.61 Å². The van der Waals surface area contributed by atoms with Gasteiger partial charge in [0.25, 0.3) is 5.91 Å². The van der Waals surface area contributed by atoms with Crippen molar-refractivity contribution in [2.24, 2.45) is 0 Å². The lowest BCUT2D eigenvalue weighted by molar-refractivity contribution is -0.123. The van der Waals surface area contributed by atoms with Crippen LogP contribution in [0, 0.1) is 0 Å². The number of benzene rings is 1. The quantitative estimate of drug-likeness (QED) is 0.713. The average molecular weight is 343 g/mol. The van der Waals surface area contributed by atoms with Crippen molar-refractivity contribution >= 4 is 17.2 Å². The molecule has 2 aromatic heterocycles. The summed E-state index contributed by atoms with van der Waals surface area (Å²) in [7, 11) is 0. The average Bonchev–Trinajstić information content (AvgIpc) is 3.29. The Morgan fingerprint density at radius 3 is 2.83 bits per heavy atom. The summed E-state index contributed by atoms with van der Waals surface area (Å²) in [5, 5.41) is 8.52. The van der Waals surface area contributed by atoms with Crippen LogP contribution in [0.25, 0.3) is 10.7 Å². The normalized spacial score (nSPS) is 10.5. The fourth-order valence-corrected chi connectivity index (χ4v) is 2.68. The van der Waals surface area contributed by atoms with Crippen LogP contribution in [0.1, 0.15) is 18.4 Å². The van der Waals surface area contributed by atoms with E-state index in [-0.39, 0.29) is 19.1 Å². The van der Waals surface area contributed by atoms with Crippen LogP contribution in [0.5, 0.6) is 5.75 Å². The molecule has 124 valence electrons. The molecule has 24 heavy (non-hydrogen) atoms. The highest BCUT2D eigenvalue weighted by Gasteiger charge is 2.10. The van der Waals surface area contributed by atoms with Gasteiger partial charge in [-0.3, -0.25) is 4.79 Å². The zero-order chi connectivity index (χ0) is 16.8. The second kappa shape index (κ2) is 7.74. The molecular weight excluding hydrogens is 326 g/mol. The molecule has 0 aliphatic rings. The van der Waals surface area contributed by atoms with Gasteiger partial charge in [-0.15, -0.1) is 11.3 Å². The van der Waals surface area contributed by atoms with Gasteiger partial charge in [0.2, 0.25) is 11.7 Å². The molecule has 0 radical (unpaired) electrons. The first kappa shape index (κ1) is 16.2. The molecule has 0 saturated carbocycles. The molecular formula is C17H17N3O3S. The van der Waals surface area contributed by atoms with Crippen LogP contribution in [-0.2, 0) is 17.8 Å². The predicted octanol–water partition coefficient (Wildman–Crippen LogP) is 3.06. The lowest BCUT2D eigenvalue weighted by Gasteiger charge is -2.06. The Hall–Kier alpha value is -2.67. The molecule has 0 saturated heterocycles. The maximum atomic E-state index is 11.8. The van der Waals surface area contributed by atoms with Crippen molar-refractivity contribution in [3.05, 3.63) is 53.2 Å². The second-order valence-corrected chi connectivity index (χ2v) is 6.00. The van der Waals surface area contributed by atoms with E-state index in [0.29, 0.717) is 17.5 Å². The van der Waals surface area contributed by atoms with Crippen molar-refractivity contribution in [1.82, 2.24) is 15.5 Å². The van der Waals surface area contributed by atoms with Gasteiger partial charge in [-0.1, -0.05) is 30.3 Å². The highest BCUT2D eigenvalue weighted by atomic mass is 32.1. The number of hydrogen-bond donors (Lipinski definition) is 1. The van der Waals surface area contributed by atoms with Crippen molar-refractivity contribution in [3.63, 3.8) is 0 Å². The Bertz CT molecular complexity index is 782. The Kier molecular flexibility index (Phi) is 5.22. The maximum Gasteiger partial charge on any atom is 0.258 e. The molecule has 3 rings (SSSR count). The van der Waals surface area contributed by atoms with E-state index < -0.39 is 0 Å². The molecule has 3 aromatic rings. The highest BCUT2D eigenvalue weighted by molar-refractivity contribution is 7.13. The van der Waals surface area contributed by atoms with Crippen LogP contribution >= 0.6 is 11.3 Å². The molecule has 2 heterocycles. The van der Waals surface area contributed by atoms with Gasteiger partial charge in [0.05, 0.1) is 11.4 Å². The number of ether oxygens (including phenoxy) is 1. The first-order chi connectivity index (χ1) is 11.7. The summed E-state index contributed by atoms with van der Waals surface area (Å²) in [6, 6.07) is 11.5. The molecule has 7 heteroatoms.